The summed E-state index contributed by atoms with van der Waals surface area (Å²) in [7, 11) is -0.687. The van der Waals surface area contributed by atoms with Gasteiger partial charge < -0.3 is 23.4 Å². The van der Waals surface area contributed by atoms with Crippen molar-refractivity contribution in [3.05, 3.63) is 35.9 Å². The third kappa shape index (κ3) is 5.79. The molecule has 0 bridgehead atoms. The Morgan fingerprint density at radius 3 is 1.62 bits per heavy atom. The SMILES string of the molecule is CC1(C)OB(C(CCCCCOCc2ccccc2)B2OC(C)(C)C(C)(C)O2)OC1(C)C. The van der Waals surface area contributed by atoms with Crippen molar-refractivity contribution in [3.63, 3.8) is 0 Å². The zero-order valence-electron chi connectivity index (χ0n) is 21.4. The molecule has 0 aromatic heterocycles. The normalized spacial score (nSPS) is 23.3. The molecule has 2 heterocycles. The van der Waals surface area contributed by atoms with Gasteiger partial charge in [-0.15, -0.1) is 0 Å². The number of ether oxygens (including phenoxy) is 1. The van der Waals surface area contributed by atoms with Crippen LogP contribution in [-0.2, 0) is 30.0 Å². The molecule has 5 nitrogen and oxygen atoms in total. The highest BCUT2D eigenvalue weighted by atomic mass is 16.7. The molecule has 0 N–H and O–H groups in total. The summed E-state index contributed by atoms with van der Waals surface area (Å²) in [6, 6.07) is 10.3. The molecule has 0 atom stereocenters. The van der Waals surface area contributed by atoms with Gasteiger partial charge in [-0.25, -0.2) is 0 Å². The van der Waals surface area contributed by atoms with Crippen molar-refractivity contribution in [1.82, 2.24) is 0 Å². The molecule has 1 aromatic rings. The first-order chi connectivity index (χ1) is 14.8. The smallest absolute Gasteiger partial charge is 0.403 e. The maximum Gasteiger partial charge on any atom is 0.458 e. The molecule has 2 aliphatic rings. The highest BCUT2D eigenvalue weighted by Crippen LogP contribution is 2.46. The minimum atomic E-state index is -0.370. The number of hydrogen-bond donors (Lipinski definition) is 0. The molecule has 7 heteroatoms. The molecule has 0 saturated carbocycles. The van der Waals surface area contributed by atoms with E-state index in [1.807, 2.05) is 18.2 Å². The summed E-state index contributed by atoms with van der Waals surface area (Å²) in [6.45, 7) is 18.2. The largest absolute Gasteiger partial charge is 0.458 e. The van der Waals surface area contributed by atoms with E-state index in [9.17, 15) is 0 Å². The summed E-state index contributed by atoms with van der Waals surface area (Å²) in [5.74, 6) is 0. The van der Waals surface area contributed by atoms with Crippen molar-refractivity contribution in [1.29, 1.82) is 0 Å². The van der Waals surface area contributed by atoms with E-state index in [1.165, 1.54) is 5.56 Å². The van der Waals surface area contributed by atoms with E-state index < -0.39 is 0 Å². The number of hydrogen-bond acceptors (Lipinski definition) is 5. The molecule has 2 aliphatic heterocycles. The zero-order valence-corrected chi connectivity index (χ0v) is 21.4. The molecular formula is C25H42B2O5. The molecule has 32 heavy (non-hydrogen) atoms. The van der Waals surface area contributed by atoms with E-state index in [0.717, 1.165) is 32.3 Å². The molecule has 2 saturated heterocycles. The summed E-state index contributed by atoms with van der Waals surface area (Å²) in [5, 5.41) is 0. The minimum Gasteiger partial charge on any atom is -0.403 e. The van der Waals surface area contributed by atoms with E-state index in [4.69, 9.17) is 23.4 Å². The molecule has 1 aromatic carbocycles. The van der Waals surface area contributed by atoms with E-state index in [-0.39, 0.29) is 42.4 Å². The fourth-order valence-electron chi connectivity index (χ4n) is 4.05. The van der Waals surface area contributed by atoms with Gasteiger partial charge in [-0.3, -0.25) is 0 Å². The van der Waals surface area contributed by atoms with E-state index in [1.54, 1.807) is 0 Å². The Morgan fingerprint density at radius 1 is 0.688 bits per heavy atom. The van der Waals surface area contributed by atoms with Gasteiger partial charge in [0, 0.05) is 12.3 Å². The van der Waals surface area contributed by atoms with Gasteiger partial charge in [-0.1, -0.05) is 49.6 Å². The summed E-state index contributed by atoms with van der Waals surface area (Å²) in [4.78, 5) is 0. The maximum atomic E-state index is 6.41. The van der Waals surface area contributed by atoms with Crippen LogP contribution in [0.3, 0.4) is 0 Å². The summed E-state index contributed by atoms with van der Waals surface area (Å²) >= 11 is 0. The first-order valence-electron chi connectivity index (χ1n) is 12.2. The highest BCUT2D eigenvalue weighted by molar-refractivity contribution is 6.68. The van der Waals surface area contributed by atoms with Crippen molar-refractivity contribution in [2.45, 2.75) is 116 Å². The average molecular weight is 444 g/mol. The van der Waals surface area contributed by atoms with Crippen LogP contribution >= 0.6 is 0 Å². The van der Waals surface area contributed by atoms with Crippen LogP contribution in [0.25, 0.3) is 0 Å². The standard InChI is InChI=1S/C25H42B2O5/c1-22(2)23(3,4)30-26(29-22)21(27-31-24(5,6)25(7,8)32-27)17-13-10-14-18-28-19-20-15-11-9-12-16-20/h9,11-12,15-16,21H,10,13-14,17-19H2,1-8H3. The topological polar surface area (TPSA) is 46.2 Å². The second-order valence-corrected chi connectivity index (χ2v) is 11.3. The van der Waals surface area contributed by atoms with Crippen LogP contribution in [0, 0.1) is 0 Å². The van der Waals surface area contributed by atoms with Crippen LogP contribution in [-0.4, -0.2) is 43.2 Å². The summed E-state index contributed by atoms with van der Waals surface area (Å²) < 4.78 is 31.5. The lowest BCUT2D eigenvalue weighted by atomic mass is 9.50. The zero-order chi connectivity index (χ0) is 23.6. The molecule has 2 fully saturated rings. The third-order valence-electron chi connectivity index (χ3n) is 7.68. The number of rotatable bonds is 10. The van der Waals surface area contributed by atoms with Gasteiger partial charge in [0.25, 0.3) is 0 Å². The molecule has 0 amide bonds. The van der Waals surface area contributed by atoms with E-state index in [0.29, 0.717) is 6.61 Å². The lowest BCUT2D eigenvalue weighted by molar-refractivity contribution is 0.00578. The van der Waals surface area contributed by atoms with Gasteiger partial charge in [-0.2, -0.15) is 0 Å². The fourth-order valence-corrected chi connectivity index (χ4v) is 4.05. The van der Waals surface area contributed by atoms with E-state index >= 15 is 0 Å². The van der Waals surface area contributed by atoms with Gasteiger partial charge in [0.15, 0.2) is 0 Å². The summed E-state index contributed by atoms with van der Waals surface area (Å²) in [6.07, 6.45) is 4.09. The van der Waals surface area contributed by atoms with Crippen molar-refractivity contribution >= 4 is 14.2 Å². The van der Waals surface area contributed by atoms with Crippen molar-refractivity contribution in [2.75, 3.05) is 6.61 Å². The lowest BCUT2D eigenvalue weighted by Gasteiger charge is -2.32. The lowest BCUT2D eigenvalue weighted by Crippen LogP contribution is -2.41. The molecule has 3 rings (SSSR count). The second-order valence-electron chi connectivity index (χ2n) is 11.3. The molecule has 0 spiro atoms. The minimum absolute atomic E-state index is 0.0161. The molecule has 0 aliphatic carbocycles. The predicted molar refractivity (Wildman–Crippen MR) is 130 cm³/mol. The Bertz CT molecular complexity index is 667. The van der Waals surface area contributed by atoms with Crippen LogP contribution in [0.1, 0.15) is 86.6 Å². The first-order valence-corrected chi connectivity index (χ1v) is 12.2. The summed E-state index contributed by atoms with van der Waals surface area (Å²) in [5.41, 5.74) is -0.248. The Morgan fingerprint density at radius 2 is 1.16 bits per heavy atom. The van der Waals surface area contributed by atoms with Crippen LogP contribution in [0.2, 0.25) is 5.72 Å². The van der Waals surface area contributed by atoms with Crippen molar-refractivity contribution in [2.24, 2.45) is 0 Å². The first kappa shape index (κ1) is 25.8. The van der Waals surface area contributed by atoms with Crippen LogP contribution in [0.5, 0.6) is 0 Å². The number of unbranched alkanes of at least 4 members (excludes halogenated alkanes) is 2. The fraction of sp³-hybridized carbons (Fsp3) is 0.760. The molecular weight excluding hydrogens is 402 g/mol. The molecule has 0 unspecified atom stereocenters. The molecule has 178 valence electrons. The Kier molecular flexibility index (Phi) is 7.88. The highest BCUT2D eigenvalue weighted by Gasteiger charge is 2.61. The Balaban J connectivity index is 1.53. The maximum absolute atomic E-state index is 6.41. The van der Waals surface area contributed by atoms with Gasteiger partial charge in [-0.05, 0) is 67.4 Å². The van der Waals surface area contributed by atoms with Crippen LogP contribution in [0.15, 0.2) is 30.3 Å². The number of benzene rings is 1. The Hall–Kier alpha value is -0.850. The Labute approximate surface area is 196 Å². The predicted octanol–water partition coefficient (Wildman–Crippen LogP) is 5.86. The van der Waals surface area contributed by atoms with Crippen molar-refractivity contribution in [3.8, 4) is 0 Å². The third-order valence-corrected chi connectivity index (χ3v) is 7.68. The van der Waals surface area contributed by atoms with Crippen molar-refractivity contribution < 1.29 is 23.4 Å². The molecule has 0 radical (unpaired) electrons. The van der Waals surface area contributed by atoms with Gasteiger partial charge in [0.1, 0.15) is 0 Å². The second kappa shape index (κ2) is 9.79. The average Bonchev–Trinajstić information content (AvgIpc) is 3.03. The van der Waals surface area contributed by atoms with Crippen LogP contribution in [0.4, 0.5) is 0 Å². The van der Waals surface area contributed by atoms with Gasteiger partial charge in [0.05, 0.1) is 29.0 Å². The van der Waals surface area contributed by atoms with Gasteiger partial charge in [0.2, 0.25) is 0 Å². The monoisotopic (exact) mass is 444 g/mol. The van der Waals surface area contributed by atoms with E-state index in [2.05, 4.69) is 67.5 Å². The van der Waals surface area contributed by atoms with Gasteiger partial charge >= 0.3 is 14.2 Å². The quantitative estimate of drug-likeness (QED) is 0.334. The van der Waals surface area contributed by atoms with Crippen LogP contribution < -0.4 is 0 Å².